The van der Waals surface area contributed by atoms with Gasteiger partial charge < -0.3 is 0 Å². The van der Waals surface area contributed by atoms with Crippen LogP contribution in [0.5, 0.6) is 0 Å². The molecule has 0 N–H and O–H groups in total. The largest absolute Gasteiger partial charge is 0.409 e. The van der Waals surface area contributed by atoms with Gasteiger partial charge in [0.15, 0.2) is 6.21 Å². The highest BCUT2D eigenvalue weighted by molar-refractivity contribution is 5.57. The molecule has 78 valence electrons. The van der Waals surface area contributed by atoms with Gasteiger partial charge in [0, 0.05) is 0 Å². The summed E-state index contributed by atoms with van der Waals surface area (Å²) >= 11 is 0. The van der Waals surface area contributed by atoms with Crippen molar-refractivity contribution in [2.45, 2.75) is 12.4 Å². The van der Waals surface area contributed by atoms with Gasteiger partial charge in [-0.15, -0.1) is 0 Å². The van der Waals surface area contributed by atoms with Crippen LogP contribution >= 0.6 is 0 Å². The van der Waals surface area contributed by atoms with E-state index < -0.39 is 18.3 Å². The molecule has 0 amide bonds. The third-order valence-electron chi connectivity index (χ3n) is 1.15. The van der Waals surface area contributed by atoms with Gasteiger partial charge in [-0.2, -0.15) is 26.3 Å². The minimum Gasteiger partial charge on any atom is -0.244 e. The molecular formula is C6H8F6N+. The van der Waals surface area contributed by atoms with Gasteiger partial charge in [-0.3, -0.25) is 0 Å². The second-order valence-electron chi connectivity index (χ2n) is 2.67. The molecular weight excluding hydrogens is 200 g/mol. The van der Waals surface area contributed by atoms with Crippen molar-refractivity contribution in [3.8, 4) is 0 Å². The zero-order valence-electron chi connectivity index (χ0n) is 6.87. The van der Waals surface area contributed by atoms with Crippen molar-refractivity contribution in [2.24, 2.45) is 5.92 Å². The van der Waals surface area contributed by atoms with E-state index in [-0.39, 0.29) is 6.21 Å². The highest BCUT2D eigenvalue weighted by Gasteiger charge is 2.57. The summed E-state index contributed by atoms with van der Waals surface area (Å²) in [6, 6.07) is 0. The van der Waals surface area contributed by atoms with Gasteiger partial charge in [-0.1, -0.05) is 0 Å². The van der Waals surface area contributed by atoms with E-state index in [9.17, 15) is 26.3 Å². The first kappa shape index (κ1) is 12.2. The summed E-state index contributed by atoms with van der Waals surface area (Å²) in [7, 11) is 2.20. The Morgan fingerprint density at radius 3 is 1.31 bits per heavy atom. The van der Waals surface area contributed by atoms with Crippen molar-refractivity contribution in [3.05, 3.63) is 0 Å². The molecule has 0 fully saturated rings. The molecule has 0 aliphatic carbocycles. The molecule has 0 saturated heterocycles. The fraction of sp³-hybridized carbons (Fsp3) is 0.833. The van der Waals surface area contributed by atoms with Crippen LogP contribution in [0.3, 0.4) is 0 Å². The number of hydrogen-bond acceptors (Lipinski definition) is 0. The van der Waals surface area contributed by atoms with E-state index in [1.54, 1.807) is 0 Å². The van der Waals surface area contributed by atoms with Gasteiger partial charge in [-0.05, 0) is 0 Å². The fourth-order valence-corrected chi connectivity index (χ4v) is 0.653. The smallest absolute Gasteiger partial charge is 0.244 e. The van der Waals surface area contributed by atoms with Gasteiger partial charge in [-0.25, -0.2) is 4.58 Å². The maximum Gasteiger partial charge on any atom is 0.409 e. The Kier molecular flexibility index (Phi) is 3.34. The van der Waals surface area contributed by atoms with Crippen molar-refractivity contribution in [2.75, 3.05) is 14.1 Å². The summed E-state index contributed by atoms with van der Waals surface area (Å²) in [4.78, 5) is 0. The van der Waals surface area contributed by atoms with Crippen LogP contribution in [0.25, 0.3) is 0 Å². The average molecular weight is 208 g/mol. The summed E-state index contributed by atoms with van der Waals surface area (Å²) < 4.78 is 71.5. The maximum atomic E-state index is 11.8. The van der Waals surface area contributed by atoms with E-state index in [4.69, 9.17) is 0 Å². The van der Waals surface area contributed by atoms with Crippen LogP contribution < -0.4 is 0 Å². The van der Waals surface area contributed by atoms with Crippen LogP contribution in [0.2, 0.25) is 0 Å². The predicted octanol–water partition coefficient (Wildman–Crippen LogP) is 2.07. The first-order valence-electron chi connectivity index (χ1n) is 3.20. The molecule has 0 aromatic heterocycles. The van der Waals surface area contributed by atoms with Crippen LogP contribution in [0.15, 0.2) is 0 Å². The Morgan fingerprint density at radius 1 is 0.923 bits per heavy atom. The first-order chi connectivity index (χ1) is 5.55. The molecule has 0 atom stereocenters. The summed E-state index contributed by atoms with van der Waals surface area (Å²) in [6.07, 6.45) is -10.5. The standard InChI is InChI=1S/C6H8F6N/c1-13(2)3-4(5(7,8)9)6(10,11)12/h3-4H,1-2H3/q+1. The Labute approximate surface area is 70.7 Å². The fourth-order valence-electron chi connectivity index (χ4n) is 0.653. The third kappa shape index (κ3) is 4.14. The van der Waals surface area contributed by atoms with E-state index >= 15 is 0 Å². The molecule has 0 aliphatic heterocycles. The topological polar surface area (TPSA) is 3.01 Å². The van der Waals surface area contributed by atoms with E-state index in [0.29, 0.717) is 0 Å². The van der Waals surface area contributed by atoms with Crippen molar-refractivity contribution >= 4 is 6.21 Å². The van der Waals surface area contributed by atoms with Crippen LogP contribution in [0.1, 0.15) is 0 Å². The lowest BCUT2D eigenvalue weighted by Crippen LogP contribution is -2.39. The van der Waals surface area contributed by atoms with Gasteiger partial charge in [0.05, 0.1) is 0 Å². The van der Waals surface area contributed by atoms with Crippen molar-refractivity contribution in [3.63, 3.8) is 0 Å². The maximum absolute atomic E-state index is 11.8. The van der Waals surface area contributed by atoms with Crippen molar-refractivity contribution in [1.29, 1.82) is 0 Å². The molecule has 1 nitrogen and oxygen atoms in total. The highest BCUT2D eigenvalue weighted by atomic mass is 19.4. The second kappa shape index (κ2) is 3.55. The number of halogens is 6. The highest BCUT2D eigenvalue weighted by Crippen LogP contribution is 2.37. The predicted molar refractivity (Wildman–Crippen MR) is 33.8 cm³/mol. The SMILES string of the molecule is C[N+](C)=CC(C(F)(F)F)C(F)(F)F. The minimum atomic E-state index is -5.29. The monoisotopic (exact) mass is 208 g/mol. The lowest BCUT2D eigenvalue weighted by atomic mass is 10.1. The van der Waals surface area contributed by atoms with Crippen molar-refractivity contribution in [1.82, 2.24) is 0 Å². The molecule has 0 radical (unpaired) electrons. The first-order valence-corrected chi connectivity index (χ1v) is 3.20. The zero-order chi connectivity index (χ0) is 10.9. The lowest BCUT2D eigenvalue weighted by Gasteiger charge is -2.17. The molecule has 0 heterocycles. The summed E-state index contributed by atoms with van der Waals surface area (Å²) in [5.74, 6) is -3.39. The van der Waals surface area contributed by atoms with Crippen LogP contribution in [-0.4, -0.2) is 37.2 Å². The van der Waals surface area contributed by atoms with Crippen LogP contribution in [0.4, 0.5) is 26.3 Å². The molecule has 0 aromatic carbocycles. The molecule has 0 spiro atoms. The molecule has 13 heavy (non-hydrogen) atoms. The van der Waals surface area contributed by atoms with E-state index in [1.807, 2.05) is 0 Å². The van der Waals surface area contributed by atoms with Gasteiger partial charge >= 0.3 is 12.4 Å². The van der Waals surface area contributed by atoms with Gasteiger partial charge in [0.1, 0.15) is 14.1 Å². The number of hydrogen-bond donors (Lipinski definition) is 0. The third-order valence-corrected chi connectivity index (χ3v) is 1.15. The lowest BCUT2D eigenvalue weighted by molar-refractivity contribution is -0.466. The van der Waals surface area contributed by atoms with Crippen LogP contribution in [0, 0.1) is 5.92 Å². The molecule has 0 unspecified atom stereocenters. The number of alkyl halides is 6. The molecule has 7 heteroatoms. The molecule has 0 bridgehead atoms. The van der Waals surface area contributed by atoms with Crippen molar-refractivity contribution < 1.29 is 30.9 Å². The Hall–Kier alpha value is -0.750. The Morgan fingerprint density at radius 2 is 1.23 bits per heavy atom. The van der Waals surface area contributed by atoms with E-state index in [2.05, 4.69) is 0 Å². The molecule has 0 rings (SSSR count). The van der Waals surface area contributed by atoms with E-state index in [0.717, 1.165) is 18.7 Å². The average Bonchev–Trinajstić information content (AvgIpc) is 1.77. The number of rotatable bonds is 1. The minimum absolute atomic E-state index is 0.0833. The number of nitrogens with zero attached hydrogens (tertiary/aromatic N) is 1. The normalized spacial score (nSPS) is 13.3. The molecule has 0 aromatic rings. The summed E-state index contributed by atoms with van der Waals surface area (Å²) in [6.45, 7) is 0. The Balaban J connectivity index is 4.90. The zero-order valence-corrected chi connectivity index (χ0v) is 6.87. The Bertz CT molecular complexity index is 182. The van der Waals surface area contributed by atoms with Gasteiger partial charge in [0.25, 0.3) is 0 Å². The summed E-state index contributed by atoms with van der Waals surface area (Å²) in [5.41, 5.74) is 0. The molecule has 0 saturated carbocycles. The van der Waals surface area contributed by atoms with Crippen LogP contribution in [-0.2, 0) is 0 Å². The summed E-state index contributed by atoms with van der Waals surface area (Å²) in [5, 5.41) is 0. The second-order valence-corrected chi connectivity index (χ2v) is 2.67. The quantitative estimate of drug-likeness (QED) is 0.352. The van der Waals surface area contributed by atoms with E-state index in [1.165, 1.54) is 0 Å². The molecule has 0 aliphatic rings. The van der Waals surface area contributed by atoms with Gasteiger partial charge in [0.2, 0.25) is 5.92 Å².